The van der Waals surface area contributed by atoms with Crippen LogP contribution >= 0.6 is 0 Å². The quantitative estimate of drug-likeness (QED) is 0.0527. The summed E-state index contributed by atoms with van der Waals surface area (Å²) in [4.78, 5) is 0. The van der Waals surface area contributed by atoms with Crippen LogP contribution in [0.4, 0.5) is 0 Å². The Balaban J connectivity index is 0.843. The Morgan fingerprint density at radius 3 is 0.408 bits per heavy atom. The molecule has 0 atom stereocenters. The number of rotatable bonds is 20. The van der Waals surface area contributed by atoms with Crippen LogP contribution in [-0.2, 0) is 12.8 Å². The van der Waals surface area contributed by atoms with Gasteiger partial charge < -0.3 is 0 Å². The Bertz CT molecular complexity index is 6390. The third-order valence-electron chi connectivity index (χ3n) is 23.9. The number of hydrogen-bond donors (Lipinski definition) is 0. The Labute approximate surface area is 704 Å². The molecule has 0 radical (unpaired) electrons. The first kappa shape index (κ1) is 73.5. The predicted octanol–water partition coefficient (Wildman–Crippen LogP) is 30.8. The highest BCUT2D eigenvalue weighted by Crippen LogP contribution is 2.52. The second-order valence-electron chi connectivity index (χ2n) is 31.0. The van der Waals surface area contributed by atoms with E-state index < -0.39 is 0 Å². The van der Waals surface area contributed by atoms with Crippen molar-refractivity contribution in [3.8, 4) is 44.5 Å². The molecule has 1 aliphatic carbocycles. The lowest BCUT2D eigenvalue weighted by atomic mass is 9.76. The van der Waals surface area contributed by atoms with E-state index in [4.69, 9.17) is 0 Å². The van der Waals surface area contributed by atoms with Gasteiger partial charge in [0.1, 0.15) is 0 Å². The third-order valence-corrected chi connectivity index (χ3v) is 23.9. The molecular formula is C120H84. The summed E-state index contributed by atoms with van der Waals surface area (Å²) in [5.41, 5.74) is 40.3. The van der Waals surface area contributed by atoms with E-state index >= 15 is 0 Å². The zero-order valence-electron chi connectivity index (χ0n) is 66.6. The van der Waals surface area contributed by atoms with Crippen molar-refractivity contribution in [1.82, 2.24) is 0 Å². The van der Waals surface area contributed by atoms with Crippen LogP contribution in [0.25, 0.3) is 111 Å². The van der Waals surface area contributed by atoms with Gasteiger partial charge in [0.2, 0.25) is 0 Å². The largest absolute Gasteiger partial charge is 0.0622 e. The molecule has 0 aromatic heterocycles. The second-order valence-corrected chi connectivity index (χ2v) is 31.0. The van der Waals surface area contributed by atoms with Gasteiger partial charge in [-0.3, -0.25) is 0 Å². The van der Waals surface area contributed by atoms with Gasteiger partial charge in [-0.2, -0.15) is 0 Å². The van der Waals surface area contributed by atoms with Gasteiger partial charge in [0.15, 0.2) is 0 Å². The maximum Gasteiger partial charge on any atom is -0.00268 e. The summed E-state index contributed by atoms with van der Waals surface area (Å²) in [5, 5.41) is 5.08. The van der Waals surface area contributed by atoms with Gasteiger partial charge in [0.25, 0.3) is 0 Å². The molecule has 0 amide bonds. The van der Waals surface area contributed by atoms with E-state index in [1.54, 1.807) is 0 Å². The van der Waals surface area contributed by atoms with Crippen molar-refractivity contribution in [2.45, 2.75) is 12.8 Å². The zero-order chi connectivity index (χ0) is 79.9. The maximum absolute atomic E-state index is 2.54. The molecule has 0 nitrogen and oxygen atoms in total. The normalized spacial score (nSPS) is 11.4. The van der Waals surface area contributed by atoms with E-state index in [0.717, 1.165) is 90.7 Å². The lowest BCUT2D eigenvalue weighted by molar-refractivity contribution is 0.972. The van der Waals surface area contributed by atoms with Crippen molar-refractivity contribution in [3.63, 3.8) is 0 Å². The van der Waals surface area contributed by atoms with Crippen molar-refractivity contribution < 1.29 is 0 Å². The van der Waals surface area contributed by atoms with Crippen molar-refractivity contribution >= 4 is 66.1 Å². The van der Waals surface area contributed by atoms with E-state index in [2.05, 4.69) is 485 Å². The van der Waals surface area contributed by atoms with Crippen LogP contribution in [0.15, 0.2) is 485 Å². The molecule has 0 saturated carbocycles. The van der Waals surface area contributed by atoms with Gasteiger partial charge in [0, 0.05) is 0 Å². The second kappa shape index (κ2) is 33.5. The lowest BCUT2D eigenvalue weighted by Crippen LogP contribution is -2.07. The van der Waals surface area contributed by atoms with E-state index in [0.29, 0.717) is 0 Å². The molecule has 0 N–H and O–H groups in total. The number of hydrogen-bond acceptors (Lipinski definition) is 0. The maximum atomic E-state index is 2.54. The van der Waals surface area contributed by atoms with Crippen LogP contribution in [0, 0.1) is 0 Å². The molecule has 1 aliphatic rings. The molecule has 0 bridgehead atoms. The highest BCUT2D eigenvalue weighted by atomic mass is 14.3. The molecule has 564 valence electrons. The average molecular weight is 1530 g/mol. The molecule has 20 rings (SSSR count). The predicted molar refractivity (Wildman–Crippen MR) is 508 cm³/mol. The average Bonchev–Trinajstić information content (AvgIpc) is 0.704. The molecule has 0 heterocycles. The zero-order valence-corrected chi connectivity index (χ0v) is 66.6. The molecular weight excluding hydrogens is 1440 g/mol. The molecule has 0 unspecified atom stereocenters. The standard InChI is InChI=1S/C120H84/c1-13-37-87(38-14-1)111(88-39-15-2-16-40-88)115(95-53-29-9-30-54-95)99-69-61-83(62-70-99)107-81-108(84-63-71-100(72-64-84)116(96-55-31-10-32-56-96)112(89-41-17-3-18-42-89)90-43-19-4-20-44-90)104-79-80-106-110(86-67-75-102(76-68-86)118(98-59-35-12-36-60-98)114(93-49-25-7-26-50-93)94-51-27-8-28-52-94)82-109(105-78-77-103(107)119(104)120(105)106)85-65-73-101(74-66-85)117(97-57-33-11-34-58-97)113(91-45-21-5-22-46-91)92-47-23-6-24-48-92/h1-78,81-82H,79-80H2. The van der Waals surface area contributed by atoms with Crippen LogP contribution in [0.3, 0.4) is 0 Å². The highest BCUT2D eigenvalue weighted by molar-refractivity contribution is 6.22. The SMILES string of the molecule is c1ccc(C(=C(c2ccccc2)c2ccc(-c3cc(-c4ccc(C(=C(c5ccccc5)c5ccccc5)c5ccccc5)cc4)c4ccc5c(-c6ccc(C(=C(c7ccccc7)c7ccccc7)c7ccccc7)cc6)cc(-c6ccc(C(=C(c7ccccc7)c7ccccc7)c7ccccc7)cc6)c6c5c4c3CC6)cc2)c2ccccc2)cc1. The molecule has 0 aliphatic heterocycles. The fraction of sp³-hybridized carbons (Fsp3) is 0.0167. The van der Waals surface area contributed by atoms with E-state index in [-0.39, 0.29) is 0 Å². The van der Waals surface area contributed by atoms with Gasteiger partial charge >= 0.3 is 0 Å². The first-order valence-corrected chi connectivity index (χ1v) is 41.7. The minimum atomic E-state index is 0.838. The van der Waals surface area contributed by atoms with E-state index in [1.165, 1.54) is 133 Å². The van der Waals surface area contributed by atoms with E-state index in [1.807, 2.05) is 0 Å². The monoisotopic (exact) mass is 1520 g/mol. The number of benzene rings is 19. The van der Waals surface area contributed by atoms with Crippen LogP contribution in [0.1, 0.15) is 100 Å². The lowest BCUT2D eigenvalue weighted by Gasteiger charge is -2.27. The molecule has 19 aromatic rings. The van der Waals surface area contributed by atoms with Gasteiger partial charge in [-0.1, -0.05) is 473 Å². The van der Waals surface area contributed by atoms with Gasteiger partial charge in [-0.25, -0.2) is 0 Å². The summed E-state index contributed by atoms with van der Waals surface area (Å²) in [6.45, 7) is 0. The molecule has 19 aromatic carbocycles. The van der Waals surface area contributed by atoms with Gasteiger partial charge in [-0.15, -0.1) is 0 Å². The first-order chi connectivity index (χ1) is 59.6. The summed E-state index contributed by atoms with van der Waals surface area (Å²) in [6.07, 6.45) is 1.68. The summed E-state index contributed by atoms with van der Waals surface area (Å²) in [7, 11) is 0. The Kier molecular flexibility index (Phi) is 20.5. The summed E-state index contributed by atoms with van der Waals surface area (Å²) in [5.74, 6) is 0. The number of aryl methyl sites for hydroxylation is 2. The highest BCUT2D eigenvalue weighted by Gasteiger charge is 2.29. The van der Waals surface area contributed by atoms with Crippen LogP contribution in [-0.4, -0.2) is 0 Å². The summed E-state index contributed by atoms with van der Waals surface area (Å²) >= 11 is 0. The minimum Gasteiger partial charge on any atom is -0.0622 e. The molecule has 120 heavy (non-hydrogen) atoms. The minimum absolute atomic E-state index is 0.838. The Morgan fingerprint density at radius 2 is 0.258 bits per heavy atom. The molecule has 0 saturated heterocycles. The fourth-order valence-corrected chi connectivity index (χ4v) is 18.5. The topological polar surface area (TPSA) is 0 Å². The smallest absolute Gasteiger partial charge is 0.00268 e. The van der Waals surface area contributed by atoms with Gasteiger partial charge in [-0.05, 0) is 236 Å². The van der Waals surface area contributed by atoms with Gasteiger partial charge in [0.05, 0.1) is 0 Å². The molecule has 0 spiro atoms. The third kappa shape index (κ3) is 14.5. The Hall–Kier alpha value is -15.3. The summed E-state index contributed by atoms with van der Waals surface area (Å²) in [6, 6.07) is 179. The Morgan fingerprint density at radius 1 is 0.125 bits per heavy atom. The van der Waals surface area contributed by atoms with Crippen molar-refractivity contribution in [1.29, 1.82) is 0 Å². The van der Waals surface area contributed by atoms with Crippen LogP contribution in [0.5, 0.6) is 0 Å². The first-order valence-electron chi connectivity index (χ1n) is 41.7. The van der Waals surface area contributed by atoms with Crippen molar-refractivity contribution in [2.24, 2.45) is 0 Å². The van der Waals surface area contributed by atoms with Crippen molar-refractivity contribution in [2.75, 3.05) is 0 Å². The fourth-order valence-electron chi connectivity index (χ4n) is 18.5. The summed E-state index contributed by atoms with van der Waals surface area (Å²) < 4.78 is 0. The van der Waals surface area contributed by atoms with Crippen LogP contribution in [0.2, 0.25) is 0 Å². The molecule has 0 heteroatoms. The molecule has 0 fully saturated rings. The van der Waals surface area contributed by atoms with E-state index in [9.17, 15) is 0 Å². The van der Waals surface area contributed by atoms with Crippen LogP contribution < -0.4 is 0 Å². The van der Waals surface area contributed by atoms with Crippen molar-refractivity contribution in [3.05, 3.63) is 585 Å².